The highest BCUT2D eigenvalue weighted by Gasteiger charge is 2.24. The Labute approximate surface area is 279 Å². The molecule has 0 bridgehead atoms. The molecule has 2 heterocycles. The number of ether oxygens (including phenoxy) is 1. The molecule has 0 spiro atoms. The molecule has 0 saturated carbocycles. The molecular weight excluding hydrogens is 596 g/mol. The number of amides is 2. The number of nitrogens with two attached hydrogens (primary N) is 1. The maximum absolute atomic E-state index is 13.4. The van der Waals surface area contributed by atoms with E-state index in [1.54, 1.807) is 32.0 Å². The van der Waals surface area contributed by atoms with Gasteiger partial charge in [0, 0.05) is 30.2 Å². The van der Waals surface area contributed by atoms with E-state index in [1.165, 1.54) is 16.8 Å². The molecule has 0 aliphatic carbocycles. The molecule has 4 rings (SSSR count). The summed E-state index contributed by atoms with van der Waals surface area (Å²) in [5, 5.41) is 6.39. The average molecular weight is 645 g/mol. The first kappa shape index (κ1) is 35.1. The van der Waals surface area contributed by atoms with Crippen LogP contribution in [0.2, 0.25) is 5.02 Å². The maximum atomic E-state index is 13.4. The highest BCUT2D eigenvalue weighted by Crippen LogP contribution is 2.31. The van der Waals surface area contributed by atoms with Gasteiger partial charge in [0.1, 0.15) is 5.75 Å². The van der Waals surface area contributed by atoms with Gasteiger partial charge < -0.3 is 26.0 Å². The lowest BCUT2D eigenvalue weighted by atomic mass is 9.98. The molecule has 4 N–H and O–H groups in total. The Hall–Kier alpha value is -3.81. The highest BCUT2D eigenvalue weighted by atomic mass is 35.5. The van der Waals surface area contributed by atoms with Crippen LogP contribution in [0.5, 0.6) is 5.75 Å². The fraction of sp³-hybridized carbons (Fsp3) is 0.421. The smallest absolute Gasteiger partial charge is 0.251 e. The Bertz CT molecular complexity index is 1520. The lowest BCUT2D eigenvalue weighted by Gasteiger charge is -2.24. The summed E-state index contributed by atoms with van der Waals surface area (Å²) in [4.78, 5) is 28.2. The van der Waals surface area contributed by atoms with Gasteiger partial charge in [-0.1, -0.05) is 68.3 Å². The Balaban J connectivity index is 1.47. The van der Waals surface area contributed by atoms with Crippen molar-refractivity contribution in [1.82, 2.24) is 15.5 Å². The molecule has 46 heavy (non-hydrogen) atoms. The molecule has 3 atom stereocenters. The monoisotopic (exact) mass is 644 g/mol. The number of fused-ring (bicyclic) bond motifs is 1. The molecule has 0 radical (unpaired) electrons. The number of benzene rings is 2. The van der Waals surface area contributed by atoms with E-state index in [0.717, 1.165) is 36.8 Å². The third-order valence-corrected chi connectivity index (χ3v) is 8.91. The minimum Gasteiger partial charge on any atom is -0.489 e. The first-order valence-electron chi connectivity index (χ1n) is 16.3. The standard InChI is InChI=1S/C38H49ClN4O3/c1-7-10-25(2)27(4)46-35-19-18-30(22-33(35)39)36(44)42-32(23-41-37(45)38(5,6)40)21-28-14-16-29(17-15-28)31-12-8-13-34-26(3)11-9-20-43(34)24-31/h9,11,13-20,22,24-25,27,32H,7-8,10,12,21,23,40H2,1-6H3,(H,41,45)(H,42,44)/t25?,27?,32-/m0/s1. The molecule has 2 aromatic rings. The second kappa shape index (κ2) is 15.7. The molecule has 8 heteroatoms. The molecule has 0 saturated heterocycles. The highest BCUT2D eigenvalue weighted by molar-refractivity contribution is 6.32. The molecule has 2 amide bonds. The summed E-state index contributed by atoms with van der Waals surface area (Å²) in [5.74, 6) is 0.369. The quantitative estimate of drug-likeness (QED) is 0.209. The third-order valence-electron chi connectivity index (χ3n) is 8.61. The topological polar surface area (TPSA) is 96.7 Å². The first-order chi connectivity index (χ1) is 21.8. The maximum Gasteiger partial charge on any atom is 0.251 e. The first-order valence-corrected chi connectivity index (χ1v) is 16.7. The number of nitrogens with one attached hydrogen (secondary N) is 2. The molecule has 2 aromatic carbocycles. The summed E-state index contributed by atoms with van der Waals surface area (Å²) in [7, 11) is 0. The second-order valence-corrected chi connectivity index (χ2v) is 13.5. The second-order valence-electron chi connectivity index (χ2n) is 13.1. The Morgan fingerprint density at radius 2 is 1.87 bits per heavy atom. The normalized spacial score (nSPS) is 16.6. The van der Waals surface area contributed by atoms with Crippen molar-refractivity contribution in [2.24, 2.45) is 11.7 Å². The van der Waals surface area contributed by atoms with E-state index in [0.29, 0.717) is 28.7 Å². The van der Waals surface area contributed by atoms with E-state index in [1.807, 2.05) is 6.92 Å². The van der Waals surface area contributed by atoms with Crippen molar-refractivity contribution >= 4 is 29.0 Å². The van der Waals surface area contributed by atoms with Gasteiger partial charge in [-0.25, -0.2) is 0 Å². The minimum atomic E-state index is -1.04. The number of hydrogen-bond acceptors (Lipinski definition) is 5. The van der Waals surface area contributed by atoms with Gasteiger partial charge in [-0.05, 0) is 106 Å². The van der Waals surface area contributed by atoms with E-state index >= 15 is 0 Å². The SMILES string of the molecule is CCCC(C)C(C)Oc1ccc(C(=O)N[C@H](CNC(=O)C(C)(C)N)Cc2ccc(C3=CN4C=CC=C(C)C4=CCC3)cc2)cc1Cl. The van der Waals surface area contributed by atoms with Crippen LogP contribution in [0.1, 0.15) is 88.7 Å². The van der Waals surface area contributed by atoms with Gasteiger partial charge in [-0.15, -0.1) is 0 Å². The van der Waals surface area contributed by atoms with Gasteiger partial charge in [0.05, 0.1) is 22.7 Å². The largest absolute Gasteiger partial charge is 0.489 e. The summed E-state index contributed by atoms with van der Waals surface area (Å²) >= 11 is 6.56. The number of carbonyl (C=O) groups excluding carboxylic acids is 2. The Morgan fingerprint density at radius 3 is 2.54 bits per heavy atom. The van der Waals surface area contributed by atoms with Gasteiger partial charge >= 0.3 is 0 Å². The Morgan fingerprint density at radius 1 is 1.13 bits per heavy atom. The predicted molar refractivity (Wildman–Crippen MR) is 188 cm³/mol. The van der Waals surface area contributed by atoms with E-state index < -0.39 is 5.54 Å². The number of nitrogens with zero attached hydrogens (tertiary/aromatic N) is 1. The van der Waals surface area contributed by atoms with Crippen molar-refractivity contribution < 1.29 is 14.3 Å². The predicted octanol–water partition coefficient (Wildman–Crippen LogP) is 7.53. The van der Waals surface area contributed by atoms with Crippen LogP contribution in [0, 0.1) is 5.92 Å². The molecule has 7 nitrogen and oxygen atoms in total. The van der Waals surface area contributed by atoms with Crippen molar-refractivity contribution in [3.05, 3.63) is 106 Å². The molecule has 2 aliphatic rings. The van der Waals surface area contributed by atoms with Crippen molar-refractivity contribution in [2.75, 3.05) is 6.54 Å². The lowest BCUT2D eigenvalue weighted by molar-refractivity contribution is -0.125. The Kier molecular flexibility index (Phi) is 11.9. The van der Waals surface area contributed by atoms with Gasteiger partial charge in [0.15, 0.2) is 0 Å². The molecule has 2 aliphatic heterocycles. The van der Waals surface area contributed by atoms with Crippen molar-refractivity contribution in [3.63, 3.8) is 0 Å². The van der Waals surface area contributed by atoms with Crippen molar-refractivity contribution in [2.45, 2.75) is 91.3 Å². The number of carbonyl (C=O) groups is 2. The zero-order valence-corrected chi connectivity index (χ0v) is 28.8. The third kappa shape index (κ3) is 9.36. The fourth-order valence-electron chi connectivity index (χ4n) is 5.61. The zero-order valence-electron chi connectivity index (χ0n) is 28.0. The minimum absolute atomic E-state index is 0.000698. The lowest BCUT2D eigenvalue weighted by Crippen LogP contribution is -2.53. The van der Waals surface area contributed by atoms with Gasteiger partial charge in [0.2, 0.25) is 5.91 Å². The molecule has 246 valence electrons. The van der Waals surface area contributed by atoms with Crippen molar-refractivity contribution in [1.29, 1.82) is 0 Å². The molecular formula is C38H49ClN4O3. The average Bonchev–Trinajstić information content (AvgIpc) is 3.24. The number of allylic oxidation sites excluding steroid dienone is 5. The van der Waals surface area contributed by atoms with Gasteiger partial charge in [0.25, 0.3) is 5.91 Å². The van der Waals surface area contributed by atoms with Crippen LogP contribution < -0.4 is 21.1 Å². The zero-order chi connectivity index (χ0) is 33.4. The number of rotatable bonds is 13. The summed E-state index contributed by atoms with van der Waals surface area (Å²) in [5.41, 5.74) is 11.3. The van der Waals surface area contributed by atoms with Crippen LogP contribution in [0.15, 0.2) is 84.4 Å². The molecule has 2 unspecified atom stereocenters. The van der Waals surface area contributed by atoms with Crippen LogP contribution in [0.4, 0.5) is 0 Å². The van der Waals surface area contributed by atoms with Crippen LogP contribution in [-0.2, 0) is 11.2 Å². The summed E-state index contributed by atoms with van der Waals surface area (Å²) in [6.45, 7) is 12.0. The van der Waals surface area contributed by atoms with Crippen LogP contribution in [0.25, 0.3) is 5.57 Å². The van der Waals surface area contributed by atoms with Gasteiger partial charge in [-0.2, -0.15) is 0 Å². The van der Waals surface area contributed by atoms with Crippen LogP contribution in [0.3, 0.4) is 0 Å². The fourth-order valence-corrected chi connectivity index (χ4v) is 5.84. The van der Waals surface area contributed by atoms with Crippen LogP contribution in [-0.4, -0.2) is 40.9 Å². The van der Waals surface area contributed by atoms with Crippen molar-refractivity contribution in [3.8, 4) is 5.75 Å². The summed E-state index contributed by atoms with van der Waals surface area (Å²) in [6, 6.07) is 13.1. The van der Waals surface area contributed by atoms with E-state index in [-0.39, 0.29) is 30.5 Å². The van der Waals surface area contributed by atoms with Crippen LogP contribution >= 0.6 is 11.6 Å². The number of hydrogen-bond donors (Lipinski definition) is 3. The number of halogens is 1. The van der Waals surface area contributed by atoms with Gasteiger partial charge in [-0.3, -0.25) is 9.59 Å². The van der Waals surface area contributed by atoms with E-state index in [4.69, 9.17) is 22.1 Å². The summed E-state index contributed by atoms with van der Waals surface area (Å²) in [6.07, 6.45) is 15.4. The molecule has 0 aromatic heterocycles. The van der Waals surface area contributed by atoms with E-state index in [2.05, 4.69) is 91.2 Å². The summed E-state index contributed by atoms with van der Waals surface area (Å²) < 4.78 is 6.10. The van der Waals surface area contributed by atoms with E-state index in [9.17, 15) is 9.59 Å². The molecule has 0 fully saturated rings.